The maximum Gasteiger partial charge on any atom is 0.303 e. The molecule has 9 heteroatoms. The van der Waals surface area contributed by atoms with Gasteiger partial charge in [-0.15, -0.1) is 11.4 Å². The van der Waals surface area contributed by atoms with Crippen LogP contribution in [0.2, 0.25) is 0 Å². The second-order valence-electron chi connectivity index (χ2n) is 7.14. The van der Waals surface area contributed by atoms with Crippen LogP contribution in [0.25, 0.3) is 0 Å². The number of quaternary nitrogens is 1. The number of aliphatic carboxylic acids is 2. The van der Waals surface area contributed by atoms with Gasteiger partial charge >= 0.3 is 11.9 Å². The van der Waals surface area contributed by atoms with Crippen LogP contribution in [0.15, 0.2) is 0 Å². The molecule has 0 aromatic heterocycles. The van der Waals surface area contributed by atoms with Crippen molar-refractivity contribution in [3.05, 3.63) is 0 Å². The van der Waals surface area contributed by atoms with Gasteiger partial charge in [0.1, 0.15) is 0 Å². The molecule has 0 aromatic rings. The van der Waals surface area contributed by atoms with Gasteiger partial charge in [0, 0.05) is 0 Å². The molecule has 0 amide bonds. The summed E-state index contributed by atoms with van der Waals surface area (Å²) in [5.74, 6) is -2.15. The molecule has 0 aromatic carbocycles. The molecule has 29 heavy (non-hydrogen) atoms. The van der Waals surface area contributed by atoms with E-state index in [1.165, 1.54) is 82.0 Å². The fourth-order valence-electron chi connectivity index (χ4n) is 2.86. The minimum atomic E-state index is -3.11. The average Bonchev–Trinajstić information content (AvgIpc) is 2.65. The van der Waals surface area contributed by atoms with Crippen molar-refractivity contribution < 1.29 is 37.6 Å². The van der Waals surface area contributed by atoms with E-state index >= 15 is 0 Å². The zero-order valence-electron chi connectivity index (χ0n) is 18.7. The first kappa shape index (κ1) is 32.6. The number of hydrogen-bond donors (Lipinski definition) is 2. The summed E-state index contributed by atoms with van der Waals surface area (Å²) in [5, 5.41) is 15.8. The molecule has 0 aliphatic carbocycles. The number of unbranched alkanes of at least 4 members (excludes halogenated alkanes) is 4. The van der Waals surface area contributed by atoms with Crippen LogP contribution >= 0.6 is 0 Å². The van der Waals surface area contributed by atoms with E-state index in [2.05, 4.69) is 27.7 Å². The van der Waals surface area contributed by atoms with Gasteiger partial charge in [0.05, 0.1) is 39.0 Å². The molecule has 0 aliphatic rings. The molecule has 0 fully saturated rings. The van der Waals surface area contributed by atoms with Crippen molar-refractivity contribution in [2.45, 2.75) is 91.9 Å². The van der Waals surface area contributed by atoms with Crippen molar-refractivity contribution in [2.75, 3.05) is 26.2 Å². The summed E-state index contributed by atoms with van der Waals surface area (Å²) in [5.41, 5.74) is 0. The largest absolute Gasteiger partial charge is 0.784 e. The highest BCUT2D eigenvalue weighted by Gasteiger charge is 2.24. The number of nitrogens with zero attached hydrogens (tertiary/aromatic N) is 1. The van der Waals surface area contributed by atoms with E-state index in [1.807, 2.05) is 0 Å². The number of carboxylic acid groups (broad SMARTS) is 2. The van der Waals surface area contributed by atoms with E-state index in [4.69, 9.17) is 23.5 Å². The Labute approximate surface area is 179 Å². The zero-order valence-corrected chi connectivity index (χ0v) is 19.5. The van der Waals surface area contributed by atoms with Crippen LogP contribution in [0.1, 0.15) is 91.9 Å². The predicted octanol–water partition coefficient (Wildman–Crippen LogP) is 3.94. The molecule has 0 aliphatic heterocycles. The van der Waals surface area contributed by atoms with Crippen LogP contribution in [-0.4, -0.2) is 66.1 Å². The Bertz CT molecular complexity index is 364. The fraction of sp³-hybridized carbons (Fsp3) is 0.900. The standard InChI is InChI=1S/C16H36N.C4H6O4.H2O3S/c1-5-9-13-17(14-10-6-2,15-11-7-3)16-12-8-4;5-3(6)1-2-4(7)8;1-4(2)3/h5-16H2,1-4H3;1-2H2,(H,5,6)(H,7,8);(H2,1,2,3)/q+1;;/p-2. The highest BCUT2D eigenvalue weighted by molar-refractivity contribution is 7.72. The molecule has 0 spiro atoms. The second kappa shape index (κ2) is 23.3. The average molecular weight is 441 g/mol. The number of carbonyl (C=O) groups is 2. The Kier molecular flexibility index (Phi) is 26.2. The normalized spacial score (nSPS) is 10.6. The van der Waals surface area contributed by atoms with Gasteiger partial charge in [0.25, 0.3) is 0 Å². The molecule has 0 heterocycles. The molecule has 0 rings (SSSR count). The van der Waals surface area contributed by atoms with Crippen molar-refractivity contribution in [1.29, 1.82) is 0 Å². The van der Waals surface area contributed by atoms with Gasteiger partial charge in [-0.05, 0) is 25.7 Å². The van der Waals surface area contributed by atoms with E-state index in [0.717, 1.165) is 0 Å². The summed E-state index contributed by atoms with van der Waals surface area (Å²) in [7, 11) is 0. The predicted molar refractivity (Wildman–Crippen MR) is 114 cm³/mol. The number of hydrogen-bond acceptors (Lipinski definition) is 5. The quantitative estimate of drug-likeness (QED) is 0.290. The van der Waals surface area contributed by atoms with E-state index in [-0.39, 0.29) is 12.8 Å². The first-order valence-electron chi connectivity index (χ1n) is 10.7. The lowest BCUT2D eigenvalue weighted by Crippen LogP contribution is -2.50. The molecule has 0 bridgehead atoms. The van der Waals surface area contributed by atoms with Gasteiger partial charge in [-0.1, -0.05) is 53.4 Å². The van der Waals surface area contributed by atoms with Crippen LogP contribution in [0, 0.1) is 0 Å². The Morgan fingerprint density at radius 1 is 0.690 bits per heavy atom. The van der Waals surface area contributed by atoms with Crippen LogP contribution < -0.4 is 0 Å². The molecule has 0 atom stereocenters. The fourth-order valence-corrected chi connectivity index (χ4v) is 2.86. The monoisotopic (exact) mass is 440 g/mol. The summed E-state index contributed by atoms with van der Waals surface area (Å²) in [6.45, 7) is 15.0. The molecule has 8 nitrogen and oxygen atoms in total. The SMILES string of the molecule is CCCC[N+](CCCC)(CCCC)CCCC.O=C(O)CCC(=O)O.O=S([O-])[O-]. The molecule has 0 unspecified atom stereocenters. The Balaban J connectivity index is -0.000000465. The molecule has 2 N–H and O–H groups in total. The van der Waals surface area contributed by atoms with Crippen molar-refractivity contribution in [1.82, 2.24) is 0 Å². The smallest absolute Gasteiger partial charge is 0.303 e. The van der Waals surface area contributed by atoms with Gasteiger partial charge in [-0.2, -0.15) is 0 Å². The highest BCUT2D eigenvalue weighted by Crippen LogP contribution is 2.16. The van der Waals surface area contributed by atoms with Gasteiger partial charge in [-0.25, -0.2) is 0 Å². The summed E-state index contributed by atoms with van der Waals surface area (Å²) in [6, 6.07) is 0. The summed E-state index contributed by atoms with van der Waals surface area (Å²) in [4.78, 5) is 19.3. The van der Waals surface area contributed by atoms with E-state index < -0.39 is 23.3 Å². The Morgan fingerprint density at radius 2 is 0.897 bits per heavy atom. The highest BCUT2D eigenvalue weighted by atomic mass is 32.2. The third kappa shape index (κ3) is 29.3. The molecular weight excluding hydrogens is 398 g/mol. The maximum absolute atomic E-state index is 9.64. The molecular formula is C20H42NO7S-. The lowest BCUT2D eigenvalue weighted by Gasteiger charge is -2.39. The van der Waals surface area contributed by atoms with Gasteiger partial charge in [0.2, 0.25) is 0 Å². The number of carboxylic acids is 2. The van der Waals surface area contributed by atoms with Crippen molar-refractivity contribution in [3.63, 3.8) is 0 Å². The lowest BCUT2D eigenvalue weighted by atomic mass is 10.1. The first-order chi connectivity index (χ1) is 13.6. The van der Waals surface area contributed by atoms with Crippen LogP contribution in [0.5, 0.6) is 0 Å². The molecule has 0 radical (unpaired) electrons. The summed E-state index contributed by atoms with van der Waals surface area (Å²) >= 11 is -3.11. The van der Waals surface area contributed by atoms with E-state index in [0.29, 0.717) is 0 Å². The van der Waals surface area contributed by atoms with Crippen LogP contribution in [0.4, 0.5) is 0 Å². The third-order valence-corrected chi connectivity index (χ3v) is 4.50. The molecule has 0 saturated heterocycles. The first-order valence-corrected chi connectivity index (χ1v) is 11.7. The van der Waals surface area contributed by atoms with Crippen molar-refractivity contribution >= 4 is 23.3 Å². The number of rotatable bonds is 15. The topological polar surface area (TPSA) is 138 Å². The zero-order chi connectivity index (χ0) is 23.1. The maximum atomic E-state index is 9.64. The minimum Gasteiger partial charge on any atom is -0.784 e. The van der Waals surface area contributed by atoms with Gasteiger partial charge in [-0.3, -0.25) is 13.8 Å². The van der Waals surface area contributed by atoms with Crippen molar-refractivity contribution in [3.8, 4) is 0 Å². The van der Waals surface area contributed by atoms with Gasteiger partial charge < -0.3 is 23.8 Å². The van der Waals surface area contributed by atoms with E-state index in [1.54, 1.807) is 0 Å². The summed E-state index contributed by atoms with van der Waals surface area (Å²) < 4.78 is 26.8. The lowest BCUT2D eigenvalue weighted by molar-refractivity contribution is -0.929. The van der Waals surface area contributed by atoms with Crippen LogP contribution in [-0.2, 0) is 21.0 Å². The van der Waals surface area contributed by atoms with E-state index in [9.17, 15) is 9.59 Å². The molecule has 0 saturated carbocycles. The third-order valence-electron chi connectivity index (χ3n) is 4.50. The Hall–Kier alpha value is -1.03. The Morgan fingerprint density at radius 3 is 1.03 bits per heavy atom. The minimum absolute atomic E-state index is 0.296. The molecule has 176 valence electrons. The van der Waals surface area contributed by atoms with Crippen LogP contribution in [0.3, 0.4) is 0 Å². The second-order valence-corrected chi connectivity index (χ2v) is 7.55. The van der Waals surface area contributed by atoms with Gasteiger partial charge in [0.15, 0.2) is 0 Å². The van der Waals surface area contributed by atoms with Crippen molar-refractivity contribution in [2.24, 2.45) is 0 Å². The summed E-state index contributed by atoms with van der Waals surface area (Å²) in [6.07, 6.45) is 10.5.